The molecule has 1 amide bonds. The van der Waals surface area contributed by atoms with Gasteiger partial charge in [0.1, 0.15) is 6.04 Å². The van der Waals surface area contributed by atoms with Crippen molar-refractivity contribution in [1.29, 1.82) is 0 Å². The van der Waals surface area contributed by atoms with Crippen molar-refractivity contribution in [1.82, 2.24) is 4.57 Å². The zero-order valence-electron chi connectivity index (χ0n) is 13.0. The lowest BCUT2D eigenvalue weighted by Gasteiger charge is -2.21. The fourth-order valence-electron chi connectivity index (χ4n) is 3.35. The van der Waals surface area contributed by atoms with Crippen molar-refractivity contribution in [2.45, 2.75) is 18.9 Å². The highest BCUT2D eigenvalue weighted by Gasteiger charge is 2.32. The van der Waals surface area contributed by atoms with Crippen molar-refractivity contribution in [3.63, 3.8) is 0 Å². The smallest absolute Gasteiger partial charge is 0.279 e. The summed E-state index contributed by atoms with van der Waals surface area (Å²) in [6.45, 7) is 1.46. The van der Waals surface area contributed by atoms with Crippen molar-refractivity contribution in [3.8, 4) is 0 Å². The monoisotopic (exact) mass is 352 g/mol. The highest BCUT2D eigenvalue weighted by Crippen LogP contribution is 2.22. The quantitative estimate of drug-likeness (QED) is 0.872. The first-order chi connectivity index (χ1) is 11.0. The Morgan fingerprint density at radius 1 is 1.35 bits per heavy atom. The lowest BCUT2D eigenvalue weighted by Crippen LogP contribution is -3.11. The van der Waals surface area contributed by atoms with Crippen LogP contribution in [0.2, 0.25) is 10.0 Å². The number of benzene rings is 1. The Labute approximate surface area is 146 Å². The summed E-state index contributed by atoms with van der Waals surface area (Å²) in [4.78, 5) is 13.7. The van der Waals surface area contributed by atoms with Gasteiger partial charge in [0.25, 0.3) is 5.91 Å². The molecule has 1 aliphatic heterocycles. The third kappa shape index (κ3) is 3.89. The van der Waals surface area contributed by atoms with Crippen LogP contribution in [0.5, 0.6) is 0 Å². The highest BCUT2D eigenvalue weighted by molar-refractivity contribution is 6.35. The first-order valence-corrected chi connectivity index (χ1v) is 8.50. The molecule has 1 aromatic heterocycles. The molecule has 3 rings (SSSR count). The maximum absolute atomic E-state index is 12.4. The van der Waals surface area contributed by atoms with E-state index in [-0.39, 0.29) is 5.91 Å². The van der Waals surface area contributed by atoms with Crippen LogP contribution in [0.3, 0.4) is 0 Å². The molecule has 23 heavy (non-hydrogen) atoms. The Bertz CT molecular complexity index is 693. The highest BCUT2D eigenvalue weighted by atomic mass is 35.5. The predicted molar refractivity (Wildman–Crippen MR) is 93.2 cm³/mol. The first-order valence-electron chi connectivity index (χ1n) is 7.74. The number of hydrogen-bond donors (Lipinski definition) is 2. The lowest BCUT2D eigenvalue weighted by atomic mass is 10.1. The number of hydrogen-bond acceptors (Lipinski definition) is 1. The molecule has 0 saturated carbocycles. The molecule has 0 bridgehead atoms. The summed E-state index contributed by atoms with van der Waals surface area (Å²) in [5.74, 6) is -0.0144. The fourth-order valence-corrected chi connectivity index (χ4v) is 3.88. The van der Waals surface area contributed by atoms with Gasteiger partial charge < -0.3 is 14.8 Å². The third-order valence-corrected chi connectivity index (χ3v) is 4.79. The first kappa shape index (κ1) is 16.4. The summed E-state index contributed by atoms with van der Waals surface area (Å²) < 4.78 is 2.14. The second-order valence-electron chi connectivity index (χ2n) is 6.03. The molecule has 4 nitrogen and oxygen atoms in total. The number of aryl methyl sites for hydroxylation is 1. The summed E-state index contributed by atoms with van der Waals surface area (Å²) in [5, 5.41) is 3.93. The minimum Gasteiger partial charge on any atom is -0.350 e. The molecular formula is C17H20Cl2N3O+. The fraction of sp³-hybridized carbons (Fsp3) is 0.353. The van der Waals surface area contributed by atoms with Gasteiger partial charge in [-0.1, -0.05) is 23.2 Å². The van der Waals surface area contributed by atoms with Gasteiger partial charge in [0.15, 0.2) is 6.54 Å². The number of quaternary nitrogens is 1. The lowest BCUT2D eigenvalue weighted by molar-refractivity contribution is -0.910. The average molecular weight is 353 g/mol. The van der Waals surface area contributed by atoms with Gasteiger partial charge in [-0.05, 0) is 30.3 Å². The number of amides is 1. The Kier molecular flexibility index (Phi) is 4.95. The van der Waals surface area contributed by atoms with E-state index in [2.05, 4.69) is 35.3 Å². The molecule has 2 N–H and O–H groups in total. The van der Waals surface area contributed by atoms with E-state index in [0.29, 0.717) is 28.3 Å². The molecule has 2 heterocycles. The predicted octanol–water partition coefficient (Wildman–Crippen LogP) is 2.69. The van der Waals surface area contributed by atoms with Gasteiger partial charge in [0, 0.05) is 41.8 Å². The van der Waals surface area contributed by atoms with E-state index in [0.717, 1.165) is 19.4 Å². The molecule has 6 heteroatoms. The van der Waals surface area contributed by atoms with Crippen LogP contribution in [-0.4, -0.2) is 23.6 Å². The summed E-state index contributed by atoms with van der Waals surface area (Å²) in [7, 11) is 2.05. The van der Waals surface area contributed by atoms with Crippen LogP contribution in [-0.2, 0) is 11.8 Å². The van der Waals surface area contributed by atoms with Gasteiger partial charge in [-0.2, -0.15) is 0 Å². The molecule has 1 saturated heterocycles. The second-order valence-corrected chi connectivity index (χ2v) is 6.90. The van der Waals surface area contributed by atoms with E-state index >= 15 is 0 Å². The van der Waals surface area contributed by atoms with Gasteiger partial charge in [-0.3, -0.25) is 4.79 Å². The zero-order chi connectivity index (χ0) is 16.4. The van der Waals surface area contributed by atoms with Crippen LogP contribution < -0.4 is 10.2 Å². The molecule has 0 spiro atoms. The van der Waals surface area contributed by atoms with E-state index in [1.54, 1.807) is 18.2 Å². The summed E-state index contributed by atoms with van der Waals surface area (Å²) in [6, 6.07) is 9.64. The normalized spacial score (nSPS) is 20.7. The number of nitrogens with zero attached hydrogens (tertiary/aromatic N) is 1. The minimum atomic E-state index is -0.0144. The van der Waals surface area contributed by atoms with Crippen molar-refractivity contribution < 1.29 is 9.69 Å². The van der Waals surface area contributed by atoms with Crippen molar-refractivity contribution in [2.75, 3.05) is 18.4 Å². The van der Waals surface area contributed by atoms with Crippen LogP contribution >= 0.6 is 23.2 Å². The number of halogens is 2. The number of carbonyl (C=O) groups excluding carboxylic acids is 1. The number of likely N-dealkylation sites (tertiary alicyclic amines) is 1. The van der Waals surface area contributed by atoms with Gasteiger partial charge >= 0.3 is 0 Å². The Morgan fingerprint density at radius 3 is 2.74 bits per heavy atom. The van der Waals surface area contributed by atoms with Crippen molar-refractivity contribution >= 4 is 34.8 Å². The van der Waals surface area contributed by atoms with E-state index in [4.69, 9.17) is 23.2 Å². The third-order valence-electron chi connectivity index (χ3n) is 4.36. The minimum absolute atomic E-state index is 0.0144. The second kappa shape index (κ2) is 6.95. The van der Waals surface area contributed by atoms with E-state index in [1.165, 1.54) is 10.6 Å². The Hall–Kier alpha value is -1.49. The average Bonchev–Trinajstić information content (AvgIpc) is 3.06. The standard InChI is InChI=1S/C17H19Cl2N3O/c1-21-6-2-4-15(21)16-5-3-7-22(16)11-17(23)20-14-9-12(18)8-13(19)10-14/h2,4,6,8-10,16H,3,5,7,11H2,1H3,(H,20,23)/p+1/t16-/m1/s1. The Morgan fingerprint density at radius 2 is 2.09 bits per heavy atom. The SMILES string of the molecule is Cn1cccc1[C@H]1CCC[NH+]1CC(=O)Nc1cc(Cl)cc(Cl)c1. The number of nitrogens with one attached hydrogen (secondary N) is 2. The van der Waals surface area contributed by atoms with Crippen molar-refractivity contribution in [3.05, 3.63) is 52.3 Å². The molecule has 1 unspecified atom stereocenters. The van der Waals surface area contributed by atoms with Crippen LogP contribution in [0, 0.1) is 0 Å². The zero-order valence-corrected chi connectivity index (χ0v) is 14.5. The molecule has 2 aromatic rings. The molecule has 122 valence electrons. The van der Waals surface area contributed by atoms with E-state index in [1.807, 2.05) is 0 Å². The molecule has 2 atom stereocenters. The largest absolute Gasteiger partial charge is 0.350 e. The maximum atomic E-state index is 12.4. The van der Waals surface area contributed by atoms with E-state index in [9.17, 15) is 4.79 Å². The van der Waals surface area contributed by atoms with Crippen LogP contribution in [0.4, 0.5) is 5.69 Å². The molecule has 1 aromatic carbocycles. The molecule has 0 aliphatic carbocycles. The van der Waals surface area contributed by atoms with Crippen LogP contribution in [0.1, 0.15) is 24.6 Å². The number of carbonyl (C=O) groups is 1. The van der Waals surface area contributed by atoms with Gasteiger partial charge in [-0.25, -0.2) is 0 Å². The van der Waals surface area contributed by atoms with Crippen molar-refractivity contribution in [2.24, 2.45) is 7.05 Å². The van der Waals surface area contributed by atoms with E-state index < -0.39 is 0 Å². The summed E-state index contributed by atoms with van der Waals surface area (Å²) in [5.41, 5.74) is 1.93. The molecule has 0 radical (unpaired) electrons. The van der Waals surface area contributed by atoms with Gasteiger partial charge in [0.05, 0.1) is 12.2 Å². The Balaban J connectivity index is 1.66. The van der Waals surface area contributed by atoms with Gasteiger partial charge in [0.2, 0.25) is 0 Å². The van der Waals surface area contributed by atoms with Crippen LogP contribution in [0.15, 0.2) is 36.5 Å². The number of rotatable bonds is 4. The molecular weight excluding hydrogens is 333 g/mol. The molecule has 1 aliphatic rings. The maximum Gasteiger partial charge on any atom is 0.279 e. The summed E-state index contributed by atoms with van der Waals surface area (Å²) >= 11 is 11.9. The number of anilines is 1. The van der Waals surface area contributed by atoms with Gasteiger partial charge in [-0.15, -0.1) is 0 Å². The topological polar surface area (TPSA) is 38.5 Å². The van der Waals surface area contributed by atoms with Crippen LogP contribution in [0.25, 0.3) is 0 Å². The molecule has 1 fully saturated rings. The summed E-state index contributed by atoms with van der Waals surface area (Å²) in [6.07, 6.45) is 4.31. The number of aromatic nitrogens is 1.